The topological polar surface area (TPSA) is 26.3 Å². The smallest absolute Gasteiger partial charge is 0.318 e. The molecule has 0 bridgehead atoms. The van der Waals surface area contributed by atoms with E-state index in [4.69, 9.17) is 4.79 Å². The van der Waals surface area contributed by atoms with Crippen molar-refractivity contribution in [3.8, 4) is 0 Å². The molecule has 0 rings (SSSR count). The van der Waals surface area contributed by atoms with E-state index >= 15 is 0 Å². The van der Waals surface area contributed by atoms with Gasteiger partial charge in [-0.3, -0.25) is 4.79 Å². The molecule has 0 aromatic carbocycles. The summed E-state index contributed by atoms with van der Waals surface area (Å²) in [5.41, 5.74) is 0. The van der Waals surface area contributed by atoms with Crippen LogP contribution in [-0.2, 0) is 8.98 Å². The van der Waals surface area contributed by atoms with Crippen LogP contribution in [0.2, 0.25) is 0 Å². The lowest BCUT2D eigenvalue weighted by Crippen LogP contribution is -2.16. The summed E-state index contributed by atoms with van der Waals surface area (Å²) >= 11 is 0. The molecular weight excluding hydrogens is 410 g/mol. The van der Waals surface area contributed by atoms with Crippen LogP contribution in [0.25, 0.3) is 0 Å². The van der Waals surface area contributed by atoms with Gasteiger partial charge in [-0.05, 0) is 0 Å². The Morgan fingerprint density at radius 1 is 0.727 bits per heavy atom. The Balaban J connectivity index is 0. The summed E-state index contributed by atoms with van der Waals surface area (Å²) in [5, 5.41) is 0. The van der Waals surface area contributed by atoms with E-state index in [1.165, 1.54) is 4.18 Å². The molecule has 0 amide bonds. The largest absolute Gasteiger partial charge is 0.438 e. The van der Waals surface area contributed by atoms with E-state index in [2.05, 4.69) is 0 Å². The predicted octanol–water partition coefficient (Wildman–Crippen LogP) is 7.03. The molecule has 0 unspecified atom stereocenters. The molecule has 0 aliphatic carbocycles. The van der Waals surface area contributed by atoms with Crippen LogP contribution in [0, 0.1) is 0 Å². The van der Waals surface area contributed by atoms with Crippen molar-refractivity contribution in [1.29, 1.82) is 0 Å². The maximum atomic E-state index is 11.2. The SMILES string of the molecule is FC(F)=C(F)OS(F)(F)(F)(F)F.O=C(F)CS(F)(F)(F)(F)F. The Morgan fingerprint density at radius 2 is 1.05 bits per heavy atom. The molecule has 0 heterocycles. The van der Waals surface area contributed by atoms with Crippen molar-refractivity contribution in [3.63, 3.8) is 0 Å². The molecule has 0 saturated heterocycles. The molecule has 140 valence electrons. The minimum Gasteiger partial charge on any atom is -0.318 e. The fourth-order valence-electron chi connectivity index (χ4n) is 0.384. The highest BCUT2D eigenvalue weighted by molar-refractivity contribution is 8.46. The van der Waals surface area contributed by atoms with Crippen molar-refractivity contribution >= 4 is 26.8 Å². The molecule has 2 nitrogen and oxygen atoms in total. The fraction of sp³-hybridized carbons (Fsp3) is 0.250. The van der Waals surface area contributed by atoms with Crippen LogP contribution in [-0.4, -0.2) is 11.8 Å². The standard InChI is InChI=1S/C2F8OS.C2H2F6OS/c3-1(4)2(5)11-12(6,7,8,9)10;3-2(9)1-10(4,5,6,7)8/h;1H2. The molecule has 0 radical (unpaired) electrons. The first-order chi connectivity index (χ1) is 8.70. The normalized spacial score (nSPS) is 18.5. The van der Waals surface area contributed by atoms with Gasteiger partial charge in [0, 0.05) is 0 Å². The van der Waals surface area contributed by atoms with Crippen LogP contribution >= 0.6 is 20.7 Å². The highest BCUT2D eigenvalue weighted by Gasteiger charge is 2.68. The summed E-state index contributed by atoms with van der Waals surface area (Å²) in [7, 11) is -20.4. The molecule has 0 aromatic heterocycles. The second kappa shape index (κ2) is 4.48. The maximum absolute atomic E-state index is 11.2. The van der Waals surface area contributed by atoms with Crippen LogP contribution in [0.1, 0.15) is 0 Å². The lowest BCUT2D eigenvalue weighted by atomic mass is 10.9. The Kier molecular flexibility index (Phi) is 4.72. The molecule has 0 spiro atoms. The van der Waals surface area contributed by atoms with Gasteiger partial charge in [0.2, 0.25) is 0 Å². The quantitative estimate of drug-likeness (QED) is 0.282. The Morgan fingerprint density at radius 3 is 1.09 bits per heavy atom. The minimum atomic E-state index is -10.6. The summed E-state index contributed by atoms with van der Waals surface area (Å²) in [6.45, 7) is 0. The maximum Gasteiger partial charge on any atom is 0.438 e. The lowest BCUT2D eigenvalue weighted by Gasteiger charge is -2.38. The molecule has 0 aliphatic heterocycles. The average Bonchev–Trinajstić information content (AvgIpc) is 1.88. The third kappa shape index (κ3) is 21.2. The number of carbonyl (C=O) groups is 1. The number of halogens is 14. The van der Waals surface area contributed by atoms with Gasteiger partial charge >= 0.3 is 28.6 Å². The zero-order valence-electron chi connectivity index (χ0n) is 9.13. The summed E-state index contributed by atoms with van der Waals surface area (Å²) in [5.74, 6) is -3.26. The van der Waals surface area contributed by atoms with Gasteiger partial charge in [-0.1, -0.05) is 38.9 Å². The van der Waals surface area contributed by atoms with E-state index in [1.54, 1.807) is 0 Å². The van der Waals surface area contributed by atoms with Gasteiger partial charge < -0.3 is 4.18 Å². The van der Waals surface area contributed by atoms with Crippen molar-refractivity contribution in [3.05, 3.63) is 12.1 Å². The van der Waals surface area contributed by atoms with Gasteiger partial charge in [0.25, 0.3) is 10.2 Å². The Hall–Kier alpha value is -1.07. The van der Waals surface area contributed by atoms with E-state index in [0.717, 1.165) is 0 Å². The molecule has 0 N–H and O–H groups in total. The molecule has 0 atom stereocenters. The number of rotatable bonds is 4. The molecule has 18 heteroatoms. The fourth-order valence-corrected chi connectivity index (χ4v) is 1.15. The van der Waals surface area contributed by atoms with E-state index in [1.807, 2.05) is 0 Å². The van der Waals surface area contributed by atoms with Gasteiger partial charge in [-0.15, -0.1) is 0 Å². The van der Waals surface area contributed by atoms with Crippen molar-refractivity contribution in [1.82, 2.24) is 0 Å². The first kappa shape index (κ1) is 23.2. The summed E-state index contributed by atoms with van der Waals surface area (Å²) in [4.78, 5) is 9.03. The van der Waals surface area contributed by atoms with Gasteiger partial charge in [0.1, 0.15) is 0 Å². The third-order valence-corrected chi connectivity index (χ3v) is 2.00. The summed E-state index contributed by atoms with van der Waals surface area (Å²) in [6, 6.07) is -6.71. The van der Waals surface area contributed by atoms with Gasteiger partial charge in [0.05, 0.1) is 0 Å². The van der Waals surface area contributed by atoms with Crippen LogP contribution in [0.3, 0.4) is 0 Å². The van der Waals surface area contributed by atoms with Crippen LogP contribution in [0.5, 0.6) is 0 Å². The summed E-state index contributed by atoms with van der Waals surface area (Å²) in [6.07, 6.45) is -3.61. The van der Waals surface area contributed by atoms with Crippen molar-refractivity contribution < 1.29 is 65.4 Å². The number of hydrogen-bond donors (Lipinski definition) is 0. The molecule has 22 heavy (non-hydrogen) atoms. The molecule has 0 aliphatic rings. The van der Waals surface area contributed by atoms with E-state index < -0.39 is 44.6 Å². The molecule has 0 fully saturated rings. The molecular formula is C4H2F14O2S2. The Bertz CT molecular complexity index is 477. The zero-order chi connectivity index (χ0) is 19.0. The van der Waals surface area contributed by atoms with Crippen molar-refractivity contribution in [2.75, 3.05) is 5.75 Å². The number of hydrogen-bond acceptors (Lipinski definition) is 2. The second-order valence-electron chi connectivity index (χ2n) is 3.14. The average molecular weight is 412 g/mol. The van der Waals surface area contributed by atoms with Crippen LogP contribution < -0.4 is 0 Å². The van der Waals surface area contributed by atoms with Crippen molar-refractivity contribution in [2.24, 2.45) is 0 Å². The van der Waals surface area contributed by atoms with E-state index in [-0.39, 0.29) is 0 Å². The van der Waals surface area contributed by atoms with Crippen molar-refractivity contribution in [2.45, 2.75) is 0 Å². The van der Waals surface area contributed by atoms with Gasteiger partial charge in [-0.2, -0.15) is 17.6 Å². The second-order valence-corrected chi connectivity index (χ2v) is 7.65. The first-order valence-corrected chi connectivity index (χ1v) is 7.76. The lowest BCUT2D eigenvalue weighted by molar-refractivity contribution is -0.126. The van der Waals surface area contributed by atoms with E-state index in [9.17, 15) is 56.4 Å². The first-order valence-electron chi connectivity index (χ1n) is 3.77. The zero-order valence-corrected chi connectivity index (χ0v) is 10.8. The van der Waals surface area contributed by atoms with Gasteiger partial charge in [-0.25, -0.2) is 0 Å². The highest BCUT2D eigenvalue weighted by atomic mass is 32.5. The monoisotopic (exact) mass is 412 g/mol. The predicted molar refractivity (Wildman–Crippen MR) is 48.7 cm³/mol. The van der Waals surface area contributed by atoms with Crippen LogP contribution in [0.15, 0.2) is 12.1 Å². The summed E-state index contributed by atoms with van der Waals surface area (Å²) < 4.78 is 155. The van der Waals surface area contributed by atoms with E-state index in [0.29, 0.717) is 0 Å². The van der Waals surface area contributed by atoms with Crippen LogP contribution in [0.4, 0.5) is 56.4 Å². The minimum absolute atomic E-state index is 1.32. The van der Waals surface area contributed by atoms with Gasteiger partial charge in [0.15, 0.2) is 5.75 Å². The number of carbonyl (C=O) groups excluding carboxylic acids is 1. The third-order valence-electron chi connectivity index (χ3n) is 0.765. The molecule has 0 aromatic rings. The Labute approximate surface area is 111 Å². The highest BCUT2D eigenvalue weighted by Crippen LogP contribution is 2.99. The molecule has 0 saturated carbocycles.